The van der Waals surface area contributed by atoms with Crippen molar-refractivity contribution in [2.75, 3.05) is 0 Å². The third kappa shape index (κ3) is 5.35. The molecule has 2 aromatic heterocycles. The molecule has 2 aliphatic rings. The second-order valence-electron chi connectivity index (χ2n) is 15.5. The lowest BCUT2D eigenvalue weighted by Crippen LogP contribution is -2.32. The second-order valence-corrected chi connectivity index (χ2v) is 16.6. The number of fused-ring (bicyclic) bond motifs is 10. The van der Waals surface area contributed by atoms with Crippen molar-refractivity contribution in [2.24, 2.45) is 0 Å². The number of hydrogen-bond donors (Lipinski definition) is 0. The Bertz CT molecular complexity index is 3190. The summed E-state index contributed by atoms with van der Waals surface area (Å²) in [5.41, 5.74) is 17.8. The molecule has 0 unspecified atom stereocenters. The molecular formula is C56H35N3S. The predicted molar refractivity (Wildman–Crippen MR) is 246 cm³/mol. The minimum atomic E-state index is -0.514. The third-order valence-electron chi connectivity index (χ3n) is 12.2. The van der Waals surface area contributed by atoms with Gasteiger partial charge < -0.3 is 0 Å². The summed E-state index contributed by atoms with van der Waals surface area (Å²) in [4.78, 5) is 17.9. The zero-order chi connectivity index (χ0) is 39.6. The van der Waals surface area contributed by atoms with Crippen LogP contribution in [0, 0.1) is 0 Å². The molecule has 1 spiro atoms. The quantitative estimate of drug-likeness (QED) is 0.174. The number of aromatic nitrogens is 3. The van der Waals surface area contributed by atoms with Crippen molar-refractivity contribution in [3.63, 3.8) is 0 Å². The van der Waals surface area contributed by atoms with Crippen LogP contribution in [0.25, 0.3) is 78.2 Å². The van der Waals surface area contributed by atoms with Gasteiger partial charge >= 0.3 is 0 Å². The highest BCUT2D eigenvalue weighted by atomic mass is 32.2. The van der Waals surface area contributed by atoms with Crippen molar-refractivity contribution in [2.45, 2.75) is 15.2 Å². The Kier molecular flexibility index (Phi) is 8.00. The minimum Gasteiger partial charge on any atom is -0.256 e. The molecular weight excluding hydrogens is 747 g/mol. The lowest BCUT2D eigenvalue weighted by atomic mass is 9.67. The molecule has 0 radical (unpaired) electrons. The van der Waals surface area contributed by atoms with Crippen LogP contribution in [0.4, 0.5) is 0 Å². The van der Waals surface area contributed by atoms with E-state index in [0.29, 0.717) is 5.82 Å². The van der Waals surface area contributed by atoms with Gasteiger partial charge in [0.05, 0.1) is 22.3 Å². The van der Waals surface area contributed by atoms with Gasteiger partial charge in [0.2, 0.25) is 0 Å². The van der Waals surface area contributed by atoms with Crippen molar-refractivity contribution in [3.05, 3.63) is 235 Å². The first-order chi connectivity index (χ1) is 29.7. The number of rotatable bonds is 5. The lowest BCUT2D eigenvalue weighted by molar-refractivity contribution is 0.723. The zero-order valence-corrected chi connectivity index (χ0v) is 33.3. The van der Waals surface area contributed by atoms with Crippen molar-refractivity contribution in [1.29, 1.82) is 0 Å². The first kappa shape index (κ1) is 34.6. The Morgan fingerprint density at radius 3 is 1.48 bits per heavy atom. The van der Waals surface area contributed by atoms with Gasteiger partial charge in [0, 0.05) is 43.6 Å². The smallest absolute Gasteiger partial charge is 0.160 e. The Hall–Kier alpha value is -7.40. The maximum absolute atomic E-state index is 5.24. The summed E-state index contributed by atoms with van der Waals surface area (Å²) in [7, 11) is 0. The normalized spacial score (nSPS) is 13.1. The summed E-state index contributed by atoms with van der Waals surface area (Å²) in [5.74, 6) is 0.704. The topological polar surface area (TPSA) is 38.7 Å². The van der Waals surface area contributed by atoms with Crippen LogP contribution in [0.1, 0.15) is 22.3 Å². The molecule has 0 atom stereocenters. The summed E-state index contributed by atoms with van der Waals surface area (Å²) in [5, 5.41) is 1.14. The molecule has 8 aromatic carbocycles. The summed E-state index contributed by atoms with van der Waals surface area (Å²) < 4.78 is 0. The number of hydrogen-bond acceptors (Lipinski definition) is 4. The summed E-state index contributed by atoms with van der Waals surface area (Å²) >= 11 is 1.84. The molecule has 0 N–H and O–H groups in total. The Morgan fingerprint density at radius 1 is 0.350 bits per heavy atom. The van der Waals surface area contributed by atoms with Crippen LogP contribution in [0.2, 0.25) is 0 Å². The van der Waals surface area contributed by atoms with E-state index in [1.54, 1.807) is 0 Å². The van der Waals surface area contributed by atoms with E-state index in [2.05, 4.69) is 188 Å². The third-order valence-corrected chi connectivity index (χ3v) is 13.3. The van der Waals surface area contributed by atoms with Gasteiger partial charge in [0.1, 0.15) is 0 Å². The SMILES string of the molecule is c1ccc(-c2cc(-c3ccccc3)nc(-c3ccc4c(c3)Sc3cc(-c5ccc(-c6ccccc6)c6cccnc56)ccc3C43c4ccccc4-c4ccccc43)n2)cc1. The number of pyridine rings is 1. The van der Waals surface area contributed by atoms with Gasteiger partial charge in [-0.15, -0.1) is 0 Å². The maximum Gasteiger partial charge on any atom is 0.160 e. The van der Waals surface area contributed by atoms with Gasteiger partial charge in [0.25, 0.3) is 0 Å². The van der Waals surface area contributed by atoms with E-state index < -0.39 is 5.41 Å². The average molecular weight is 782 g/mol. The molecule has 1 aliphatic carbocycles. The highest BCUT2D eigenvalue weighted by molar-refractivity contribution is 7.99. The molecule has 60 heavy (non-hydrogen) atoms. The molecule has 0 amide bonds. The summed E-state index contributed by atoms with van der Waals surface area (Å²) in [6, 6.07) is 74.2. The fourth-order valence-electron chi connectivity index (χ4n) is 9.58. The van der Waals surface area contributed by atoms with Crippen molar-refractivity contribution >= 4 is 22.7 Å². The largest absolute Gasteiger partial charge is 0.256 e. The average Bonchev–Trinajstić information content (AvgIpc) is 3.62. The monoisotopic (exact) mass is 781 g/mol. The molecule has 12 rings (SSSR count). The van der Waals surface area contributed by atoms with Gasteiger partial charge in [-0.25, -0.2) is 9.97 Å². The van der Waals surface area contributed by atoms with Gasteiger partial charge in [-0.05, 0) is 74.3 Å². The minimum absolute atomic E-state index is 0.514. The molecule has 4 heteroatoms. The second kappa shape index (κ2) is 13.9. The Labute approximate surface area is 353 Å². The molecule has 10 aromatic rings. The highest BCUT2D eigenvalue weighted by Crippen LogP contribution is 2.62. The molecule has 3 nitrogen and oxygen atoms in total. The van der Waals surface area contributed by atoms with Crippen molar-refractivity contribution in [3.8, 4) is 67.3 Å². The van der Waals surface area contributed by atoms with Gasteiger partial charge in [-0.3, -0.25) is 4.98 Å². The Morgan fingerprint density at radius 2 is 0.867 bits per heavy atom. The summed E-state index contributed by atoms with van der Waals surface area (Å²) in [6.07, 6.45) is 1.91. The van der Waals surface area contributed by atoms with Crippen molar-refractivity contribution < 1.29 is 0 Å². The van der Waals surface area contributed by atoms with Gasteiger partial charge in [-0.2, -0.15) is 0 Å². The van der Waals surface area contributed by atoms with Crippen LogP contribution in [-0.2, 0) is 5.41 Å². The van der Waals surface area contributed by atoms with Crippen LogP contribution in [-0.4, -0.2) is 15.0 Å². The molecule has 0 fully saturated rings. The molecule has 0 bridgehead atoms. The van der Waals surface area contributed by atoms with Crippen LogP contribution >= 0.6 is 11.8 Å². The van der Waals surface area contributed by atoms with Crippen molar-refractivity contribution in [1.82, 2.24) is 15.0 Å². The number of nitrogens with zero attached hydrogens (tertiary/aromatic N) is 3. The van der Waals surface area contributed by atoms with E-state index in [9.17, 15) is 0 Å². The van der Waals surface area contributed by atoms with Gasteiger partial charge in [-0.1, -0.05) is 194 Å². The van der Waals surface area contributed by atoms with Crippen LogP contribution in [0.5, 0.6) is 0 Å². The fraction of sp³-hybridized carbons (Fsp3) is 0.0179. The first-order valence-corrected chi connectivity index (χ1v) is 21.2. The molecule has 0 saturated carbocycles. The number of benzene rings is 8. The zero-order valence-electron chi connectivity index (χ0n) is 32.5. The van der Waals surface area contributed by atoms with E-state index in [1.165, 1.54) is 54.3 Å². The van der Waals surface area contributed by atoms with E-state index in [1.807, 2.05) is 36.2 Å². The van der Waals surface area contributed by atoms with Gasteiger partial charge in [0.15, 0.2) is 5.82 Å². The molecule has 280 valence electrons. The van der Waals surface area contributed by atoms with Crippen LogP contribution in [0.15, 0.2) is 222 Å². The van der Waals surface area contributed by atoms with Crippen LogP contribution < -0.4 is 0 Å². The van der Waals surface area contributed by atoms with E-state index in [0.717, 1.165) is 50.1 Å². The van der Waals surface area contributed by atoms with E-state index in [4.69, 9.17) is 15.0 Å². The highest BCUT2D eigenvalue weighted by Gasteiger charge is 2.50. The van der Waals surface area contributed by atoms with E-state index in [-0.39, 0.29) is 0 Å². The molecule has 1 aliphatic heterocycles. The molecule has 3 heterocycles. The van der Waals surface area contributed by atoms with E-state index >= 15 is 0 Å². The molecule has 0 saturated heterocycles. The lowest BCUT2D eigenvalue weighted by Gasteiger charge is -2.40. The fourth-order valence-corrected chi connectivity index (χ4v) is 10.9. The predicted octanol–water partition coefficient (Wildman–Crippen LogP) is 14.2. The maximum atomic E-state index is 5.24. The van der Waals surface area contributed by atoms with Crippen LogP contribution in [0.3, 0.4) is 0 Å². The standard InChI is InChI=1S/C56H35N3S/c1-4-15-36(16-5-1)41-28-29-42(54-45(41)23-14-32-57-54)39-26-30-48-52(33-39)60-53-34-40(27-31-49(53)56(48)46-24-12-10-21-43(46)44-22-11-13-25-47(44)56)55-58-50(37-17-6-2-7-18-37)35-51(59-55)38-19-8-3-9-20-38/h1-35H. The first-order valence-electron chi connectivity index (χ1n) is 20.3. The Balaban J connectivity index is 1.08. The summed E-state index contributed by atoms with van der Waals surface area (Å²) in [6.45, 7) is 0.